The van der Waals surface area contributed by atoms with Gasteiger partial charge in [0, 0.05) is 5.56 Å². The number of halogens is 1. The minimum atomic E-state index is 0.219. The van der Waals surface area contributed by atoms with Crippen molar-refractivity contribution in [1.82, 2.24) is 10.1 Å². The Labute approximate surface area is 110 Å². The van der Waals surface area contributed by atoms with E-state index in [1.54, 1.807) is 6.07 Å². The highest BCUT2D eigenvalue weighted by atomic mass is 35.5. The summed E-state index contributed by atoms with van der Waals surface area (Å²) in [6.45, 7) is 4.63. The van der Waals surface area contributed by atoms with Crippen LogP contribution in [0.15, 0.2) is 16.7 Å². The van der Waals surface area contributed by atoms with E-state index >= 15 is 0 Å². The second kappa shape index (κ2) is 5.37. The van der Waals surface area contributed by atoms with E-state index < -0.39 is 0 Å². The van der Waals surface area contributed by atoms with E-state index in [1.165, 1.54) is 0 Å². The van der Waals surface area contributed by atoms with Gasteiger partial charge in [0.1, 0.15) is 5.75 Å². The molecule has 0 radical (unpaired) electrons. The summed E-state index contributed by atoms with van der Waals surface area (Å²) in [5, 5.41) is 4.39. The van der Waals surface area contributed by atoms with Crippen LogP contribution >= 0.6 is 11.6 Å². The van der Waals surface area contributed by atoms with Crippen LogP contribution in [0.25, 0.3) is 11.4 Å². The topological polar surface area (TPSA) is 74.2 Å². The summed E-state index contributed by atoms with van der Waals surface area (Å²) < 4.78 is 10.4. The van der Waals surface area contributed by atoms with E-state index in [0.717, 1.165) is 11.1 Å². The molecule has 0 aliphatic rings. The Balaban J connectivity index is 2.42. The molecule has 1 heterocycles. The molecule has 0 aliphatic heterocycles. The van der Waals surface area contributed by atoms with Crippen molar-refractivity contribution in [2.24, 2.45) is 5.73 Å². The van der Waals surface area contributed by atoms with Gasteiger partial charge in [0.2, 0.25) is 11.7 Å². The summed E-state index contributed by atoms with van der Waals surface area (Å²) in [5.74, 6) is 1.54. The number of hydrogen-bond donors (Lipinski definition) is 1. The van der Waals surface area contributed by atoms with Crippen LogP contribution in [-0.2, 0) is 6.54 Å². The maximum absolute atomic E-state index is 6.13. The molecule has 0 amide bonds. The molecule has 0 unspecified atom stereocenters. The van der Waals surface area contributed by atoms with Crippen LogP contribution < -0.4 is 10.5 Å². The van der Waals surface area contributed by atoms with Gasteiger partial charge in [-0.2, -0.15) is 4.98 Å². The molecular formula is C12H14ClN3O2. The Bertz CT molecular complexity index is 554. The van der Waals surface area contributed by atoms with Crippen molar-refractivity contribution in [3.63, 3.8) is 0 Å². The Hall–Kier alpha value is -1.59. The van der Waals surface area contributed by atoms with Crippen LogP contribution in [0.2, 0.25) is 5.02 Å². The van der Waals surface area contributed by atoms with Gasteiger partial charge in [-0.15, -0.1) is 0 Å². The first-order valence-corrected chi connectivity index (χ1v) is 5.99. The molecule has 6 heteroatoms. The van der Waals surface area contributed by atoms with Gasteiger partial charge in [-0.1, -0.05) is 16.8 Å². The largest absolute Gasteiger partial charge is 0.492 e. The molecule has 0 bridgehead atoms. The van der Waals surface area contributed by atoms with E-state index in [2.05, 4.69) is 10.1 Å². The van der Waals surface area contributed by atoms with Crippen LogP contribution in [0.1, 0.15) is 18.4 Å². The zero-order valence-electron chi connectivity index (χ0n) is 10.2. The fourth-order valence-corrected chi connectivity index (χ4v) is 1.83. The maximum atomic E-state index is 6.13. The molecule has 0 saturated heterocycles. The number of ether oxygens (including phenoxy) is 1. The number of benzene rings is 1. The molecule has 18 heavy (non-hydrogen) atoms. The lowest BCUT2D eigenvalue weighted by atomic mass is 10.1. The van der Waals surface area contributed by atoms with E-state index in [9.17, 15) is 0 Å². The Morgan fingerprint density at radius 3 is 2.83 bits per heavy atom. The molecule has 2 rings (SSSR count). The third-order valence-corrected chi connectivity index (χ3v) is 2.76. The smallest absolute Gasteiger partial charge is 0.240 e. The number of hydrogen-bond acceptors (Lipinski definition) is 5. The summed E-state index contributed by atoms with van der Waals surface area (Å²) in [7, 11) is 0. The summed E-state index contributed by atoms with van der Waals surface area (Å²) in [6, 6.07) is 3.63. The zero-order valence-corrected chi connectivity index (χ0v) is 11.0. The molecule has 1 aromatic carbocycles. The Morgan fingerprint density at radius 2 is 2.22 bits per heavy atom. The van der Waals surface area contributed by atoms with Gasteiger partial charge in [0.25, 0.3) is 0 Å². The molecule has 5 nitrogen and oxygen atoms in total. The molecule has 1 aromatic heterocycles. The molecule has 0 spiro atoms. The van der Waals surface area contributed by atoms with Gasteiger partial charge in [0.15, 0.2) is 0 Å². The average Bonchev–Trinajstić information content (AvgIpc) is 2.82. The highest BCUT2D eigenvalue weighted by Crippen LogP contribution is 2.32. The van der Waals surface area contributed by atoms with Crippen molar-refractivity contribution in [3.8, 4) is 17.1 Å². The average molecular weight is 268 g/mol. The Morgan fingerprint density at radius 1 is 1.44 bits per heavy atom. The molecule has 0 saturated carbocycles. The lowest BCUT2D eigenvalue weighted by Gasteiger charge is -2.09. The van der Waals surface area contributed by atoms with Crippen LogP contribution in [0, 0.1) is 6.92 Å². The van der Waals surface area contributed by atoms with Crippen LogP contribution in [-0.4, -0.2) is 16.7 Å². The van der Waals surface area contributed by atoms with Crippen LogP contribution in [0.4, 0.5) is 0 Å². The molecular weight excluding hydrogens is 254 g/mol. The summed E-state index contributed by atoms with van der Waals surface area (Å²) in [6.07, 6.45) is 0. The second-order valence-electron chi connectivity index (χ2n) is 3.75. The predicted molar refractivity (Wildman–Crippen MR) is 68.5 cm³/mol. The van der Waals surface area contributed by atoms with E-state index in [-0.39, 0.29) is 6.54 Å². The molecule has 0 aliphatic carbocycles. The highest BCUT2D eigenvalue weighted by Gasteiger charge is 2.13. The first-order valence-electron chi connectivity index (χ1n) is 5.61. The maximum Gasteiger partial charge on any atom is 0.240 e. The van der Waals surface area contributed by atoms with E-state index in [4.69, 9.17) is 26.6 Å². The van der Waals surface area contributed by atoms with Gasteiger partial charge >= 0.3 is 0 Å². The number of aryl methyl sites for hydroxylation is 1. The fraction of sp³-hybridized carbons (Fsp3) is 0.333. The summed E-state index contributed by atoms with van der Waals surface area (Å²) >= 11 is 6.13. The molecule has 2 aromatic rings. The third-order valence-electron chi connectivity index (χ3n) is 2.46. The number of aromatic nitrogens is 2. The lowest BCUT2D eigenvalue weighted by molar-refractivity contribution is 0.340. The van der Waals surface area contributed by atoms with Gasteiger partial charge in [-0.05, 0) is 31.5 Å². The van der Waals surface area contributed by atoms with Crippen molar-refractivity contribution in [1.29, 1.82) is 0 Å². The fourth-order valence-electron chi connectivity index (χ4n) is 1.61. The van der Waals surface area contributed by atoms with E-state index in [0.29, 0.717) is 29.1 Å². The SMILES string of the molecule is CCOc1cc(C)c(-c2noc(CN)n2)cc1Cl. The quantitative estimate of drug-likeness (QED) is 0.921. The molecule has 2 N–H and O–H groups in total. The van der Waals surface area contributed by atoms with Crippen LogP contribution in [0.3, 0.4) is 0 Å². The minimum absolute atomic E-state index is 0.219. The van der Waals surface area contributed by atoms with Gasteiger partial charge in [-0.25, -0.2) is 0 Å². The standard InChI is InChI=1S/C12H14ClN3O2/c1-3-17-10-4-7(2)8(5-9(10)13)12-15-11(6-14)18-16-12/h4-5H,3,6,14H2,1-2H3. The van der Waals surface area contributed by atoms with Crippen molar-refractivity contribution >= 4 is 11.6 Å². The Kier molecular flexibility index (Phi) is 3.84. The van der Waals surface area contributed by atoms with Gasteiger partial charge in [-0.3, -0.25) is 0 Å². The number of nitrogens with zero attached hydrogens (tertiary/aromatic N) is 2. The normalized spacial score (nSPS) is 10.7. The molecule has 0 atom stereocenters. The lowest BCUT2D eigenvalue weighted by Crippen LogP contribution is -1.96. The first kappa shape index (κ1) is 12.9. The molecule has 96 valence electrons. The van der Waals surface area contributed by atoms with Crippen molar-refractivity contribution in [2.75, 3.05) is 6.61 Å². The van der Waals surface area contributed by atoms with Gasteiger partial charge in [0.05, 0.1) is 18.2 Å². The molecule has 0 fully saturated rings. The van der Waals surface area contributed by atoms with Crippen molar-refractivity contribution < 1.29 is 9.26 Å². The van der Waals surface area contributed by atoms with Crippen molar-refractivity contribution in [2.45, 2.75) is 20.4 Å². The monoisotopic (exact) mass is 267 g/mol. The number of rotatable bonds is 4. The van der Waals surface area contributed by atoms with E-state index in [1.807, 2.05) is 19.9 Å². The highest BCUT2D eigenvalue weighted by molar-refractivity contribution is 6.32. The summed E-state index contributed by atoms with van der Waals surface area (Å²) in [5.41, 5.74) is 7.21. The minimum Gasteiger partial charge on any atom is -0.492 e. The first-order chi connectivity index (χ1) is 8.65. The third kappa shape index (κ3) is 2.47. The summed E-state index contributed by atoms with van der Waals surface area (Å²) in [4.78, 5) is 4.17. The van der Waals surface area contributed by atoms with Crippen molar-refractivity contribution in [3.05, 3.63) is 28.6 Å². The zero-order chi connectivity index (χ0) is 13.1. The predicted octanol–water partition coefficient (Wildman–Crippen LogP) is 2.56. The second-order valence-corrected chi connectivity index (χ2v) is 4.15. The van der Waals surface area contributed by atoms with Crippen LogP contribution in [0.5, 0.6) is 5.75 Å². The number of nitrogens with two attached hydrogens (primary N) is 1. The van der Waals surface area contributed by atoms with Gasteiger partial charge < -0.3 is 15.0 Å².